The molecule has 144 valence electrons. The van der Waals surface area contributed by atoms with Crippen LogP contribution < -0.4 is 10.6 Å². The third kappa shape index (κ3) is 6.16. The zero-order chi connectivity index (χ0) is 19.1. The number of hydrogen-bond acceptors (Lipinski definition) is 2. The number of hydrogen-bond donors (Lipinski definition) is 2. The minimum absolute atomic E-state index is 0.0480. The number of benzene rings is 1. The van der Waals surface area contributed by atoms with E-state index in [0.717, 1.165) is 53.5 Å². The molecule has 0 radical (unpaired) electrons. The number of halogens is 2. The molecule has 0 spiro atoms. The lowest BCUT2D eigenvalue weighted by atomic mass is 10.1. The minimum atomic E-state index is 0.0480. The number of aliphatic imine (C=N–C) groups is 1. The van der Waals surface area contributed by atoms with Gasteiger partial charge in [0.25, 0.3) is 0 Å². The first-order valence-electron chi connectivity index (χ1n) is 9.18. The smallest absolute Gasteiger partial charge is 0.225 e. The van der Waals surface area contributed by atoms with Crippen LogP contribution >= 0.6 is 27.5 Å². The predicted molar refractivity (Wildman–Crippen MR) is 112 cm³/mol. The summed E-state index contributed by atoms with van der Waals surface area (Å²) in [5.74, 6) is 1.07. The Bertz CT molecular complexity index is 650. The van der Waals surface area contributed by atoms with Gasteiger partial charge in [-0.25, -0.2) is 0 Å². The number of amides is 1. The summed E-state index contributed by atoms with van der Waals surface area (Å²) in [5, 5.41) is 7.48. The second-order valence-corrected chi connectivity index (χ2v) is 8.11. The van der Waals surface area contributed by atoms with Crippen molar-refractivity contribution in [2.24, 2.45) is 10.9 Å². The largest absolute Gasteiger partial charge is 0.357 e. The maximum atomic E-state index is 12.1. The van der Waals surface area contributed by atoms with E-state index in [-0.39, 0.29) is 17.9 Å². The van der Waals surface area contributed by atoms with Gasteiger partial charge in [0, 0.05) is 47.6 Å². The van der Waals surface area contributed by atoms with Crippen molar-refractivity contribution in [2.45, 2.75) is 39.7 Å². The van der Waals surface area contributed by atoms with Crippen LogP contribution in [0.25, 0.3) is 0 Å². The van der Waals surface area contributed by atoms with Crippen molar-refractivity contribution in [3.05, 3.63) is 33.3 Å². The van der Waals surface area contributed by atoms with Crippen molar-refractivity contribution in [2.75, 3.05) is 26.2 Å². The molecule has 2 rings (SSSR count). The van der Waals surface area contributed by atoms with Crippen LogP contribution in [0.3, 0.4) is 0 Å². The number of carbonyl (C=O) groups excluding carboxylic acids is 1. The fraction of sp³-hybridized carbons (Fsp3) is 0.579. The average Bonchev–Trinajstić information content (AvgIpc) is 3.05. The van der Waals surface area contributed by atoms with E-state index in [1.54, 1.807) is 0 Å². The number of nitrogens with zero attached hydrogens (tertiary/aromatic N) is 2. The van der Waals surface area contributed by atoms with E-state index < -0.39 is 0 Å². The van der Waals surface area contributed by atoms with E-state index >= 15 is 0 Å². The summed E-state index contributed by atoms with van der Waals surface area (Å²) in [6, 6.07) is 6.04. The standard InChI is InChI=1S/C19H28BrClN4O/c1-4-22-19(23-9-7-14-11-15(21)5-6-17(14)20)24-16-8-10-25(12-16)18(26)13(2)3/h5-6,11,13,16H,4,7-10,12H2,1-3H3,(H2,22,23,24). The van der Waals surface area contributed by atoms with Crippen LogP contribution in [0.2, 0.25) is 5.02 Å². The molecule has 1 aromatic rings. The molecule has 1 saturated heterocycles. The maximum absolute atomic E-state index is 12.1. The quantitative estimate of drug-likeness (QED) is 0.523. The lowest BCUT2D eigenvalue weighted by Gasteiger charge is -2.20. The van der Waals surface area contributed by atoms with Crippen LogP contribution in [0.4, 0.5) is 0 Å². The third-order valence-electron chi connectivity index (χ3n) is 4.34. The number of guanidine groups is 1. The van der Waals surface area contributed by atoms with Crippen molar-refractivity contribution >= 4 is 39.4 Å². The molecule has 1 aliphatic heterocycles. The summed E-state index contributed by atoms with van der Waals surface area (Å²) in [4.78, 5) is 18.7. The predicted octanol–water partition coefficient (Wildman–Crippen LogP) is 3.46. The first-order chi connectivity index (χ1) is 12.4. The van der Waals surface area contributed by atoms with Gasteiger partial charge in [0.05, 0.1) is 0 Å². The molecule has 5 nitrogen and oxygen atoms in total. The molecule has 26 heavy (non-hydrogen) atoms. The van der Waals surface area contributed by atoms with Gasteiger partial charge in [0.2, 0.25) is 5.91 Å². The van der Waals surface area contributed by atoms with Gasteiger partial charge in [0.15, 0.2) is 5.96 Å². The highest BCUT2D eigenvalue weighted by molar-refractivity contribution is 9.10. The van der Waals surface area contributed by atoms with Crippen LogP contribution in [0.5, 0.6) is 0 Å². The summed E-state index contributed by atoms with van der Waals surface area (Å²) in [5.41, 5.74) is 1.15. The second kappa shape index (κ2) is 10.2. The highest BCUT2D eigenvalue weighted by Crippen LogP contribution is 2.21. The normalized spacial score (nSPS) is 17.7. The Morgan fingerprint density at radius 3 is 2.92 bits per heavy atom. The van der Waals surface area contributed by atoms with Gasteiger partial charge in [-0.1, -0.05) is 41.4 Å². The molecule has 0 aromatic heterocycles. The number of carbonyl (C=O) groups is 1. The van der Waals surface area contributed by atoms with E-state index in [1.165, 1.54) is 0 Å². The van der Waals surface area contributed by atoms with Crippen molar-refractivity contribution in [1.82, 2.24) is 15.5 Å². The summed E-state index contributed by atoms with van der Waals surface area (Å²) < 4.78 is 1.05. The molecular weight excluding hydrogens is 416 g/mol. The van der Waals surface area contributed by atoms with E-state index in [0.29, 0.717) is 6.54 Å². The fourth-order valence-electron chi connectivity index (χ4n) is 2.98. The average molecular weight is 444 g/mol. The van der Waals surface area contributed by atoms with Crippen molar-refractivity contribution in [3.63, 3.8) is 0 Å². The van der Waals surface area contributed by atoms with Crippen molar-refractivity contribution in [3.8, 4) is 0 Å². The molecule has 1 atom stereocenters. The molecule has 1 unspecified atom stereocenters. The first-order valence-corrected chi connectivity index (χ1v) is 10.3. The SMILES string of the molecule is CCNC(=NCCc1cc(Cl)ccc1Br)NC1CCN(C(=O)C(C)C)C1. The zero-order valence-corrected chi connectivity index (χ0v) is 18.0. The molecule has 1 aromatic carbocycles. The van der Waals surface area contributed by atoms with E-state index in [1.807, 2.05) is 43.9 Å². The van der Waals surface area contributed by atoms with Gasteiger partial charge in [-0.2, -0.15) is 0 Å². The van der Waals surface area contributed by atoms with E-state index in [2.05, 4.69) is 31.6 Å². The van der Waals surface area contributed by atoms with E-state index in [4.69, 9.17) is 11.6 Å². The van der Waals surface area contributed by atoms with Gasteiger partial charge in [0.1, 0.15) is 0 Å². The third-order valence-corrected chi connectivity index (χ3v) is 5.35. The molecule has 1 heterocycles. The Morgan fingerprint density at radius 2 is 2.23 bits per heavy atom. The summed E-state index contributed by atoms with van der Waals surface area (Å²) in [6.07, 6.45) is 1.75. The maximum Gasteiger partial charge on any atom is 0.225 e. The molecule has 0 aliphatic carbocycles. The molecule has 7 heteroatoms. The minimum Gasteiger partial charge on any atom is -0.357 e. The number of nitrogens with one attached hydrogen (secondary N) is 2. The molecule has 1 aliphatic rings. The van der Waals surface area contributed by atoms with Gasteiger partial charge < -0.3 is 15.5 Å². The Morgan fingerprint density at radius 1 is 1.46 bits per heavy atom. The lowest BCUT2D eigenvalue weighted by Crippen LogP contribution is -2.45. The summed E-state index contributed by atoms with van der Waals surface area (Å²) in [6.45, 7) is 8.95. The summed E-state index contributed by atoms with van der Waals surface area (Å²) >= 11 is 9.62. The van der Waals surface area contributed by atoms with Crippen LogP contribution in [0.1, 0.15) is 32.8 Å². The molecule has 1 amide bonds. The van der Waals surface area contributed by atoms with Crippen LogP contribution in [0.15, 0.2) is 27.7 Å². The highest BCUT2D eigenvalue weighted by atomic mass is 79.9. The zero-order valence-electron chi connectivity index (χ0n) is 15.7. The molecule has 2 N–H and O–H groups in total. The van der Waals surface area contributed by atoms with Crippen molar-refractivity contribution < 1.29 is 4.79 Å². The van der Waals surface area contributed by atoms with E-state index in [9.17, 15) is 4.79 Å². The summed E-state index contributed by atoms with van der Waals surface area (Å²) in [7, 11) is 0. The monoisotopic (exact) mass is 442 g/mol. The molecule has 0 saturated carbocycles. The highest BCUT2D eigenvalue weighted by Gasteiger charge is 2.27. The van der Waals surface area contributed by atoms with Gasteiger partial charge in [-0.15, -0.1) is 0 Å². The Balaban J connectivity index is 1.91. The van der Waals surface area contributed by atoms with Crippen LogP contribution in [-0.4, -0.2) is 49.0 Å². The Kier molecular flexibility index (Phi) is 8.22. The first kappa shape index (κ1) is 21.0. The number of rotatable bonds is 6. The lowest BCUT2D eigenvalue weighted by molar-refractivity contribution is -0.133. The molecule has 0 bridgehead atoms. The Labute approximate surface area is 169 Å². The molecular formula is C19H28BrClN4O. The van der Waals surface area contributed by atoms with Gasteiger partial charge in [-0.05, 0) is 43.5 Å². The fourth-order valence-corrected chi connectivity index (χ4v) is 3.62. The van der Waals surface area contributed by atoms with Crippen LogP contribution in [0, 0.1) is 5.92 Å². The Hall–Kier alpha value is -1.27. The van der Waals surface area contributed by atoms with Crippen LogP contribution in [-0.2, 0) is 11.2 Å². The second-order valence-electron chi connectivity index (χ2n) is 6.82. The van der Waals surface area contributed by atoms with Gasteiger partial charge in [-0.3, -0.25) is 9.79 Å². The molecule has 1 fully saturated rings. The van der Waals surface area contributed by atoms with Gasteiger partial charge >= 0.3 is 0 Å². The van der Waals surface area contributed by atoms with Crippen molar-refractivity contribution in [1.29, 1.82) is 0 Å². The topological polar surface area (TPSA) is 56.7 Å². The number of likely N-dealkylation sites (tertiary alicyclic amines) is 1.